The molecule has 1 heterocycles. The summed E-state index contributed by atoms with van der Waals surface area (Å²) in [5.41, 5.74) is 1.17. The lowest BCUT2D eigenvalue weighted by Gasteiger charge is -2.17. The van der Waals surface area contributed by atoms with Crippen LogP contribution in [0.3, 0.4) is 0 Å². The first-order valence-electron chi connectivity index (χ1n) is 6.36. The number of hydrogen-bond donors (Lipinski definition) is 2. The second-order valence-electron chi connectivity index (χ2n) is 4.45. The minimum atomic E-state index is -0.465. The summed E-state index contributed by atoms with van der Waals surface area (Å²) in [7, 11) is 1.32. The van der Waals surface area contributed by atoms with Gasteiger partial charge in [-0.2, -0.15) is 0 Å². The van der Waals surface area contributed by atoms with Gasteiger partial charge in [0.1, 0.15) is 5.69 Å². The van der Waals surface area contributed by atoms with Gasteiger partial charge in [-0.05, 0) is 11.6 Å². The number of carbonyl (C=O) groups excluding carboxylic acids is 2. The van der Waals surface area contributed by atoms with Crippen molar-refractivity contribution in [3.05, 3.63) is 58.9 Å². The normalized spacial score (nSPS) is 11.7. The molecular weight excluding hydrogens is 292 g/mol. The van der Waals surface area contributed by atoms with Gasteiger partial charge in [0.2, 0.25) is 0 Å². The Morgan fingerprint density at radius 2 is 2.05 bits per heavy atom. The highest BCUT2D eigenvalue weighted by Gasteiger charge is 2.20. The van der Waals surface area contributed by atoms with Crippen LogP contribution in [-0.4, -0.2) is 24.0 Å². The van der Waals surface area contributed by atoms with Gasteiger partial charge in [-0.3, -0.25) is 9.59 Å². The summed E-state index contributed by atoms with van der Waals surface area (Å²) in [5, 5.41) is 3.25. The highest BCUT2D eigenvalue weighted by Crippen LogP contribution is 2.18. The van der Waals surface area contributed by atoms with E-state index in [4.69, 9.17) is 11.6 Å². The molecular formula is C15H15ClN2O3. The molecule has 2 rings (SSSR count). The summed E-state index contributed by atoms with van der Waals surface area (Å²) >= 11 is 5.78. The van der Waals surface area contributed by atoms with Gasteiger partial charge >= 0.3 is 5.97 Å². The van der Waals surface area contributed by atoms with Crippen molar-refractivity contribution in [3.63, 3.8) is 0 Å². The van der Waals surface area contributed by atoms with Crippen LogP contribution in [0.4, 0.5) is 0 Å². The molecule has 2 N–H and O–H groups in total. The van der Waals surface area contributed by atoms with E-state index in [9.17, 15) is 9.59 Å². The maximum absolute atomic E-state index is 12.2. The number of carbonyl (C=O) groups is 2. The number of methoxy groups -OCH3 is 1. The maximum Gasteiger partial charge on any atom is 0.307 e. The molecule has 0 aliphatic carbocycles. The first-order chi connectivity index (χ1) is 10.1. The van der Waals surface area contributed by atoms with Gasteiger partial charge in [0, 0.05) is 6.20 Å². The van der Waals surface area contributed by atoms with Crippen LogP contribution < -0.4 is 5.32 Å². The van der Waals surface area contributed by atoms with Gasteiger partial charge in [-0.15, -0.1) is 0 Å². The van der Waals surface area contributed by atoms with E-state index >= 15 is 0 Å². The van der Waals surface area contributed by atoms with Crippen molar-refractivity contribution in [3.8, 4) is 0 Å². The Kier molecular flexibility index (Phi) is 5.00. The van der Waals surface area contributed by atoms with Crippen molar-refractivity contribution >= 4 is 23.5 Å². The summed E-state index contributed by atoms with van der Waals surface area (Å²) in [4.78, 5) is 26.4. The molecule has 0 radical (unpaired) electrons. The molecule has 0 aliphatic rings. The Balaban J connectivity index is 2.16. The number of rotatable bonds is 5. The van der Waals surface area contributed by atoms with Gasteiger partial charge in [-0.25, -0.2) is 0 Å². The van der Waals surface area contributed by atoms with Crippen LogP contribution in [0.15, 0.2) is 42.6 Å². The molecule has 110 valence electrons. The third kappa shape index (κ3) is 4.10. The Hall–Kier alpha value is -2.27. The van der Waals surface area contributed by atoms with Gasteiger partial charge < -0.3 is 15.0 Å². The van der Waals surface area contributed by atoms with Crippen LogP contribution in [0.2, 0.25) is 5.02 Å². The molecule has 0 fully saturated rings. The van der Waals surface area contributed by atoms with Crippen molar-refractivity contribution < 1.29 is 14.3 Å². The van der Waals surface area contributed by atoms with E-state index in [1.165, 1.54) is 19.4 Å². The predicted octanol–water partition coefficient (Wildman–Crippen LogP) is 2.70. The SMILES string of the molecule is COC(=O)CC(NC(=O)c1cc(Cl)c[nH]1)c1ccccc1. The molecule has 1 atom stereocenters. The lowest BCUT2D eigenvalue weighted by Crippen LogP contribution is -2.30. The summed E-state index contributed by atoms with van der Waals surface area (Å²) in [6.07, 6.45) is 1.58. The summed E-state index contributed by atoms with van der Waals surface area (Å²) in [6, 6.07) is 10.3. The molecule has 0 saturated carbocycles. The zero-order chi connectivity index (χ0) is 15.2. The van der Waals surface area contributed by atoms with Crippen molar-refractivity contribution in [1.29, 1.82) is 0 Å². The summed E-state index contributed by atoms with van der Waals surface area (Å²) in [5.74, 6) is -0.728. The monoisotopic (exact) mass is 306 g/mol. The van der Waals surface area contributed by atoms with Crippen molar-refractivity contribution in [2.45, 2.75) is 12.5 Å². The van der Waals surface area contributed by atoms with Crippen molar-refractivity contribution in [2.75, 3.05) is 7.11 Å². The zero-order valence-electron chi connectivity index (χ0n) is 11.4. The quantitative estimate of drug-likeness (QED) is 0.834. The van der Waals surface area contributed by atoms with E-state index in [0.717, 1.165) is 5.56 Å². The largest absolute Gasteiger partial charge is 0.469 e. The number of ether oxygens (including phenoxy) is 1. The predicted molar refractivity (Wildman–Crippen MR) is 79.1 cm³/mol. The van der Waals surface area contributed by atoms with Gasteiger partial charge in [0.25, 0.3) is 5.91 Å². The number of hydrogen-bond acceptors (Lipinski definition) is 3. The van der Waals surface area contributed by atoms with Crippen LogP contribution in [0.25, 0.3) is 0 Å². The molecule has 1 unspecified atom stereocenters. The van der Waals surface area contributed by atoms with E-state index in [1.807, 2.05) is 30.3 Å². The minimum Gasteiger partial charge on any atom is -0.469 e. The molecule has 0 aliphatic heterocycles. The third-order valence-corrected chi connectivity index (χ3v) is 3.22. The smallest absolute Gasteiger partial charge is 0.307 e. The van der Waals surface area contributed by atoms with Crippen molar-refractivity contribution in [2.24, 2.45) is 0 Å². The number of halogens is 1. The lowest BCUT2D eigenvalue weighted by atomic mass is 10.0. The minimum absolute atomic E-state index is 0.0562. The fourth-order valence-corrected chi connectivity index (χ4v) is 2.09. The highest BCUT2D eigenvalue weighted by atomic mass is 35.5. The molecule has 0 spiro atoms. The van der Waals surface area contributed by atoms with Crippen molar-refractivity contribution in [1.82, 2.24) is 10.3 Å². The summed E-state index contributed by atoms with van der Waals surface area (Å²) < 4.78 is 4.67. The number of H-pyrrole nitrogens is 1. The maximum atomic E-state index is 12.2. The lowest BCUT2D eigenvalue weighted by molar-refractivity contribution is -0.141. The fraction of sp³-hybridized carbons (Fsp3) is 0.200. The van der Waals surface area contributed by atoms with Gasteiger partial charge in [0.05, 0.1) is 24.6 Å². The molecule has 2 aromatic rings. The molecule has 0 bridgehead atoms. The van der Waals surface area contributed by atoms with Crippen LogP contribution in [-0.2, 0) is 9.53 Å². The molecule has 21 heavy (non-hydrogen) atoms. The number of aromatic amines is 1. The second-order valence-corrected chi connectivity index (χ2v) is 4.88. The van der Waals surface area contributed by atoms with E-state index in [0.29, 0.717) is 10.7 Å². The average Bonchev–Trinajstić information content (AvgIpc) is 2.94. The first-order valence-corrected chi connectivity index (χ1v) is 6.74. The molecule has 6 heteroatoms. The number of esters is 1. The summed E-state index contributed by atoms with van der Waals surface area (Å²) in [6.45, 7) is 0. The highest BCUT2D eigenvalue weighted by molar-refractivity contribution is 6.30. The van der Waals surface area contributed by atoms with E-state index < -0.39 is 12.0 Å². The molecule has 5 nitrogen and oxygen atoms in total. The number of amides is 1. The molecule has 0 saturated heterocycles. The van der Waals surface area contributed by atoms with Crippen LogP contribution >= 0.6 is 11.6 Å². The molecule has 1 amide bonds. The Labute approximate surface area is 127 Å². The average molecular weight is 307 g/mol. The zero-order valence-corrected chi connectivity index (χ0v) is 12.2. The number of aromatic nitrogens is 1. The first kappa shape index (κ1) is 15.1. The van der Waals surface area contributed by atoms with Crippen LogP contribution in [0.5, 0.6) is 0 Å². The van der Waals surface area contributed by atoms with Gasteiger partial charge in [-0.1, -0.05) is 41.9 Å². The number of benzene rings is 1. The Morgan fingerprint density at radius 1 is 1.33 bits per heavy atom. The van der Waals surface area contributed by atoms with E-state index in [2.05, 4.69) is 15.0 Å². The topological polar surface area (TPSA) is 71.2 Å². The number of nitrogens with one attached hydrogen (secondary N) is 2. The Bertz CT molecular complexity index is 625. The molecule has 1 aromatic carbocycles. The fourth-order valence-electron chi connectivity index (χ4n) is 1.92. The molecule has 1 aromatic heterocycles. The second kappa shape index (κ2) is 6.95. The van der Waals surface area contributed by atoms with Gasteiger partial charge in [0.15, 0.2) is 0 Å². The van der Waals surface area contributed by atoms with E-state index in [-0.39, 0.29) is 12.3 Å². The van der Waals surface area contributed by atoms with Crippen LogP contribution in [0, 0.1) is 0 Å². The third-order valence-electron chi connectivity index (χ3n) is 3.00. The standard InChI is InChI=1S/C15H15ClN2O3/c1-21-14(19)8-12(10-5-3-2-4-6-10)18-15(20)13-7-11(16)9-17-13/h2-7,9,12,17H,8H2,1H3,(H,18,20). The van der Waals surface area contributed by atoms with E-state index in [1.54, 1.807) is 0 Å². The van der Waals surface area contributed by atoms with Crippen LogP contribution in [0.1, 0.15) is 28.5 Å². The Morgan fingerprint density at radius 3 is 2.62 bits per heavy atom.